The molecular formula is C15H30N2O7. The van der Waals surface area contributed by atoms with Crippen LogP contribution >= 0.6 is 0 Å². The average Bonchev–Trinajstić information content (AvgIpc) is 2.57. The van der Waals surface area contributed by atoms with E-state index >= 15 is 0 Å². The highest BCUT2D eigenvalue weighted by Gasteiger charge is 2.48. The third-order valence-electron chi connectivity index (χ3n) is 5.06. The van der Waals surface area contributed by atoms with Crippen molar-refractivity contribution in [1.82, 2.24) is 0 Å². The number of aliphatic hydroxyl groups is 3. The molecule has 142 valence electrons. The van der Waals surface area contributed by atoms with Crippen LogP contribution in [0.15, 0.2) is 0 Å². The van der Waals surface area contributed by atoms with Crippen LogP contribution in [-0.4, -0.2) is 90.6 Å². The van der Waals surface area contributed by atoms with Crippen molar-refractivity contribution in [3.63, 3.8) is 0 Å². The number of hydrogen-bond acceptors (Lipinski definition) is 9. The maximum Gasteiger partial charge on any atom is 0.176 e. The Bertz CT molecular complexity index is 400. The Balaban J connectivity index is 2.14. The molecule has 2 aliphatic rings. The van der Waals surface area contributed by atoms with Crippen LogP contribution in [0.1, 0.15) is 13.8 Å². The molecule has 7 N–H and O–H groups in total. The van der Waals surface area contributed by atoms with E-state index in [1.807, 2.05) is 6.92 Å². The van der Waals surface area contributed by atoms with Crippen LogP contribution in [0.3, 0.4) is 0 Å². The van der Waals surface area contributed by atoms with Gasteiger partial charge in [-0.1, -0.05) is 6.92 Å². The number of nitrogens with two attached hydrogens (primary N) is 2. The van der Waals surface area contributed by atoms with Crippen LogP contribution in [0, 0.1) is 5.92 Å². The highest BCUT2D eigenvalue weighted by Crippen LogP contribution is 2.30. The van der Waals surface area contributed by atoms with Gasteiger partial charge in [-0.05, 0) is 6.92 Å². The average molecular weight is 350 g/mol. The van der Waals surface area contributed by atoms with Crippen molar-refractivity contribution in [2.24, 2.45) is 17.4 Å². The van der Waals surface area contributed by atoms with Crippen molar-refractivity contribution < 1.29 is 34.3 Å². The second-order valence-corrected chi connectivity index (χ2v) is 6.59. The van der Waals surface area contributed by atoms with Crippen LogP contribution < -0.4 is 11.5 Å². The first kappa shape index (κ1) is 20.0. The quantitative estimate of drug-likeness (QED) is 0.363. The largest absolute Gasteiger partial charge is 0.394 e. The van der Waals surface area contributed by atoms with Gasteiger partial charge in [-0.2, -0.15) is 0 Å². The SMILES string of the molecule is COC1C(C)C(CO)OC(OC2C(CO)OC(C)C(N)C2O)C1N. The number of hydrogen-bond donors (Lipinski definition) is 5. The van der Waals surface area contributed by atoms with Crippen molar-refractivity contribution in [3.05, 3.63) is 0 Å². The molecule has 0 saturated carbocycles. The lowest BCUT2D eigenvalue weighted by atomic mass is 9.89. The Morgan fingerprint density at radius 2 is 1.58 bits per heavy atom. The smallest absolute Gasteiger partial charge is 0.176 e. The summed E-state index contributed by atoms with van der Waals surface area (Å²) >= 11 is 0. The van der Waals surface area contributed by atoms with Gasteiger partial charge in [0.2, 0.25) is 0 Å². The van der Waals surface area contributed by atoms with E-state index in [-0.39, 0.29) is 25.2 Å². The number of aliphatic hydroxyl groups excluding tert-OH is 3. The Kier molecular flexibility index (Phi) is 6.94. The van der Waals surface area contributed by atoms with E-state index in [2.05, 4.69) is 0 Å². The van der Waals surface area contributed by atoms with Gasteiger partial charge in [0.15, 0.2) is 6.29 Å². The molecule has 2 heterocycles. The molecule has 2 fully saturated rings. The Morgan fingerprint density at radius 3 is 2.12 bits per heavy atom. The fraction of sp³-hybridized carbons (Fsp3) is 1.00. The van der Waals surface area contributed by atoms with Gasteiger partial charge in [0.25, 0.3) is 0 Å². The summed E-state index contributed by atoms with van der Waals surface area (Å²) in [6, 6.07) is -1.29. The highest BCUT2D eigenvalue weighted by molar-refractivity contribution is 4.96. The molecule has 0 radical (unpaired) electrons. The Hall–Kier alpha value is -0.360. The fourth-order valence-corrected chi connectivity index (χ4v) is 3.44. The maximum absolute atomic E-state index is 10.4. The Morgan fingerprint density at radius 1 is 0.958 bits per heavy atom. The van der Waals surface area contributed by atoms with E-state index in [0.717, 1.165) is 0 Å². The molecule has 0 aromatic rings. The molecule has 10 atom stereocenters. The van der Waals surface area contributed by atoms with E-state index in [4.69, 9.17) is 30.4 Å². The second-order valence-electron chi connectivity index (χ2n) is 6.59. The summed E-state index contributed by atoms with van der Waals surface area (Å²) in [6.07, 6.45) is -4.95. The minimum absolute atomic E-state index is 0.127. The van der Waals surface area contributed by atoms with Crippen LogP contribution in [0.4, 0.5) is 0 Å². The minimum Gasteiger partial charge on any atom is -0.394 e. The first-order valence-corrected chi connectivity index (χ1v) is 8.25. The third-order valence-corrected chi connectivity index (χ3v) is 5.06. The zero-order valence-corrected chi connectivity index (χ0v) is 14.3. The van der Waals surface area contributed by atoms with Crippen LogP contribution in [-0.2, 0) is 18.9 Å². The van der Waals surface area contributed by atoms with Crippen molar-refractivity contribution in [2.45, 2.75) is 68.8 Å². The van der Waals surface area contributed by atoms with Gasteiger partial charge in [0.1, 0.15) is 18.3 Å². The summed E-state index contributed by atoms with van der Waals surface area (Å²) in [5.41, 5.74) is 12.1. The first-order chi connectivity index (χ1) is 11.3. The van der Waals surface area contributed by atoms with Crippen molar-refractivity contribution in [1.29, 1.82) is 0 Å². The van der Waals surface area contributed by atoms with E-state index in [0.29, 0.717) is 0 Å². The second kappa shape index (κ2) is 8.35. The minimum atomic E-state index is -1.05. The van der Waals surface area contributed by atoms with E-state index in [9.17, 15) is 15.3 Å². The number of ether oxygens (including phenoxy) is 4. The van der Waals surface area contributed by atoms with Crippen LogP contribution in [0.5, 0.6) is 0 Å². The number of rotatable bonds is 5. The molecular weight excluding hydrogens is 320 g/mol. The van der Waals surface area contributed by atoms with Gasteiger partial charge in [0.05, 0.1) is 43.6 Å². The molecule has 0 aromatic heterocycles. The first-order valence-electron chi connectivity index (χ1n) is 8.25. The Labute approximate surface area is 141 Å². The van der Waals surface area contributed by atoms with Gasteiger partial charge in [-0.3, -0.25) is 0 Å². The predicted molar refractivity (Wildman–Crippen MR) is 84.0 cm³/mol. The van der Waals surface area contributed by atoms with E-state index < -0.39 is 48.9 Å². The van der Waals surface area contributed by atoms with Gasteiger partial charge in [-0.25, -0.2) is 0 Å². The molecule has 9 nitrogen and oxygen atoms in total. The molecule has 0 bridgehead atoms. The van der Waals surface area contributed by atoms with Crippen molar-refractivity contribution in [3.8, 4) is 0 Å². The molecule has 0 aromatic carbocycles. The summed E-state index contributed by atoms with van der Waals surface area (Å²) in [5.74, 6) is -0.127. The molecule has 2 saturated heterocycles. The van der Waals surface area contributed by atoms with Gasteiger partial charge in [-0.15, -0.1) is 0 Å². The molecule has 0 amide bonds. The van der Waals surface area contributed by atoms with Gasteiger partial charge >= 0.3 is 0 Å². The van der Waals surface area contributed by atoms with Gasteiger partial charge < -0.3 is 45.7 Å². The summed E-state index contributed by atoms with van der Waals surface area (Å²) in [7, 11) is 1.53. The summed E-state index contributed by atoms with van der Waals surface area (Å²) in [6.45, 7) is 3.05. The van der Waals surface area contributed by atoms with E-state index in [1.165, 1.54) is 7.11 Å². The van der Waals surface area contributed by atoms with E-state index in [1.54, 1.807) is 6.92 Å². The summed E-state index contributed by atoms with van der Waals surface area (Å²) in [5, 5.41) is 29.4. The molecule has 2 rings (SSSR count). The molecule has 9 heteroatoms. The summed E-state index contributed by atoms with van der Waals surface area (Å²) in [4.78, 5) is 0. The monoisotopic (exact) mass is 350 g/mol. The zero-order valence-electron chi connectivity index (χ0n) is 14.3. The normalized spacial score (nSPS) is 50.0. The highest BCUT2D eigenvalue weighted by atomic mass is 16.7. The van der Waals surface area contributed by atoms with Gasteiger partial charge in [0, 0.05) is 13.0 Å². The fourth-order valence-electron chi connectivity index (χ4n) is 3.44. The molecule has 24 heavy (non-hydrogen) atoms. The lowest BCUT2D eigenvalue weighted by molar-refractivity contribution is -0.304. The predicted octanol–water partition coefficient (Wildman–Crippen LogP) is -2.46. The lowest BCUT2D eigenvalue weighted by Gasteiger charge is -2.47. The lowest BCUT2D eigenvalue weighted by Crippen LogP contribution is -2.66. The van der Waals surface area contributed by atoms with Crippen LogP contribution in [0.25, 0.3) is 0 Å². The van der Waals surface area contributed by atoms with Crippen molar-refractivity contribution >= 4 is 0 Å². The zero-order chi connectivity index (χ0) is 18.0. The molecule has 0 spiro atoms. The molecule has 10 unspecified atom stereocenters. The molecule has 2 aliphatic heterocycles. The third kappa shape index (κ3) is 3.74. The van der Waals surface area contributed by atoms with Crippen molar-refractivity contribution in [2.75, 3.05) is 20.3 Å². The standard InChI is InChI=1S/C15H30N2O7/c1-6-8(4-18)23-15(11(17)13(6)21-3)24-14-9(5-19)22-7(2)10(16)12(14)20/h6-15,18-20H,4-5,16-17H2,1-3H3. The van der Waals surface area contributed by atoms with Crippen LogP contribution in [0.2, 0.25) is 0 Å². The topological polar surface area (TPSA) is 150 Å². The molecule has 0 aliphatic carbocycles. The summed E-state index contributed by atoms with van der Waals surface area (Å²) < 4.78 is 22.6. The maximum atomic E-state index is 10.4. The number of methoxy groups -OCH3 is 1.